The number of hydrogen-bond donors (Lipinski definition) is 1. The average Bonchev–Trinajstić information content (AvgIpc) is 2.39. The molecule has 0 unspecified atom stereocenters. The standard InChI is InChI=1S/C15H18FN3/c1-10-8-12(4-5-13(10)16)14-9-11(2)18-15(19-14)6-7-17-3/h4-5,8-9,17H,6-7H2,1-3H3. The van der Waals surface area contributed by atoms with E-state index in [2.05, 4.69) is 15.3 Å². The number of hydrogen-bond acceptors (Lipinski definition) is 3. The highest BCUT2D eigenvalue weighted by Crippen LogP contribution is 2.20. The molecule has 4 heteroatoms. The molecule has 2 rings (SSSR count). The van der Waals surface area contributed by atoms with Crippen LogP contribution in [0.25, 0.3) is 11.3 Å². The zero-order valence-electron chi connectivity index (χ0n) is 11.5. The SMILES string of the molecule is CNCCc1nc(C)cc(-c2ccc(F)c(C)c2)n1. The summed E-state index contributed by atoms with van der Waals surface area (Å²) in [6.07, 6.45) is 0.783. The molecule has 0 aliphatic rings. The Morgan fingerprint density at radius 1 is 1.16 bits per heavy atom. The summed E-state index contributed by atoms with van der Waals surface area (Å²) in [5, 5.41) is 3.08. The van der Waals surface area contributed by atoms with E-state index >= 15 is 0 Å². The first-order chi connectivity index (χ1) is 9.10. The number of nitrogens with zero attached hydrogens (tertiary/aromatic N) is 2. The van der Waals surface area contributed by atoms with Crippen LogP contribution in [0.1, 0.15) is 17.1 Å². The summed E-state index contributed by atoms with van der Waals surface area (Å²) in [5.74, 6) is 0.622. The van der Waals surface area contributed by atoms with Crippen LogP contribution in [0.15, 0.2) is 24.3 Å². The third-order valence-electron chi connectivity index (χ3n) is 2.95. The van der Waals surface area contributed by atoms with E-state index in [1.54, 1.807) is 13.0 Å². The van der Waals surface area contributed by atoms with Crippen LogP contribution in [0, 0.1) is 19.7 Å². The lowest BCUT2D eigenvalue weighted by Gasteiger charge is -2.07. The average molecular weight is 259 g/mol. The molecule has 2 aromatic rings. The molecule has 0 spiro atoms. The summed E-state index contributed by atoms with van der Waals surface area (Å²) in [6, 6.07) is 6.98. The van der Waals surface area contributed by atoms with Gasteiger partial charge in [0.15, 0.2) is 0 Å². The molecule has 1 heterocycles. The lowest BCUT2D eigenvalue weighted by molar-refractivity contribution is 0.618. The Balaban J connectivity index is 2.37. The van der Waals surface area contributed by atoms with Crippen LogP contribution in [0.3, 0.4) is 0 Å². The van der Waals surface area contributed by atoms with Gasteiger partial charge in [-0.3, -0.25) is 0 Å². The van der Waals surface area contributed by atoms with E-state index in [0.29, 0.717) is 5.56 Å². The Bertz CT molecular complexity index is 582. The second-order valence-corrected chi connectivity index (χ2v) is 4.63. The molecule has 0 bridgehead atoms. The molecule has 0 amide bonds. The minimum absolute atomic E-state index is 0.190. The van der Waals surface area contributed by atoms with Crippen molar-refractivity contribution in [2.75, 3.05) is 13.6 Å². The highest BCUT2D eigenvalue weighted by atomic mass is 19.1. The number of halogens is 1. The first-order valence-electron chi connectivity index (χ1n) is 6.36. The highest BCUT2D eigenvalue weighted by molar-refractivity contribution is 5.60. The van der Waals surface area contributed by atoms with Crippen molar-refractivity contribution in [3.05, 3.63) is 47.2 Å². The predicted octanol–water partition coefficient (Wildman–Crippen LogP) is 2.66. The molecule has 100 valence electrons. The highest BCUT2D eigenvalue weighted by Gasteiger charge is 2.06. The molecule has 0 saturated heterocycles. The van der Waals surface area contributed by atoms with E-state index in [-0.39, 0.29) is 5.82 Å². The number of nitrogens with one attached hydrogen (secondary N) is 1. The van der Waals surface area contributed by atoms with Gasteiger partial charge in [0.05, 0.1) is 5.69 Å². The number of likely N-dealkylation sites (N-methyl/N-ethyl adjacent to an activating group) is 1. The maximum Gasteiger partial charge on any atom is 0.130 e. The summed E-state index contributed by atoms with van der Waals surface area (Å²) < 4.78 is 13.3. The molecular weight excluding hydrogens is 241 g/mol. The molecule has 0 saturated carbocycles. The van der Waals surface area contributed by atoms with Crippen molar-refractivity contribution < 1.29 is 4.39 Å². The second kappa shape index (κ2) is 5.89. The van der Waals surface area contributed by atoms with Crippen molar-refractivity contribution in [2.45, 2.75) is 20.3 Å². The topological polar surface area (TPSA) is 37.8 Å². The van der Waals surface area contributed by atoms with Crippen LogP contribution < -0.4 is 5.32 Å². The predicted molar refractivity (Wildman–Crippen MR) is 74.5 cm³/mol. The lowest BCUT2D eigenvalue weighted by atomic mass is 10.1. The van der Waals surface area contributed by atoms with Gasteiger partial charge in [-0.2, -0.15) is 0 Å². The summed E-state index contributed by atoms with van der Waals surface area (Å²) >= 11 is 0. The van der Waals surface area contributed by atoms with Crippen LogP contribution >= 0.6 is 0 Å². The smallest absolute Gasteiger partial charge is 0.130 e. The molecule has 1 N–H and O–H groups in total. The van der Waals surface area contributed by atoms with Crippen LogP contribution in [0.4, 0.5) is 4.39 Å². The zero-order chi connectivity index (χ0) is 13.8. The van der Waals surface area contributed by atoms with Crippen LogP contribution in [-0.2, 0) is 6.42 Å². The fourth-order valence-electron chi connectivity index (χ4n) is 1.93. The van der Waals surface area contributed by atoms with E-state index in [1.165, 1.54) is 6.07 Å². The fraction of sp³-hybridized carbons (Fsp3) is 0.333. The first-order valence-corrected chi connectivity index (χ1v) is 6.36. The van der Waals surface area contributed by atoms with Crippen LogP contribution in [0.2, 0.25) is 0 Å². The molecule has 0 aliphatic heterocycles. The minimum Gasteiger partial charge on any atom is -0.319 e. The number of aryl methyl sites for hydroxylation is 2. The van der Waals surface area contributed by atoms with Crippen molar-refractivity contribution in [3.63, 3.8) is 0 Å². The number of rotatable bonds is 4. The molecule has 0 atom stereocenters. The van der Waals surface area contributed by atoms with Gasteiger partial charge in [0.1, 0.15) is 11.6 Å². The fourth-order valence-corrected chi connectivity index (χ4v) is 1.93. The first kappa shape index (κ1) is 13.6. The van der Waals surface area contributed by atoms with Crippen LogP contribution in [-0.4, -0.2) is 23.6 Å². The molecule has 3 nitrogen and oxygen atoms in total. The molecule has 1 aromatic heterocycles. The Kier molecular flexibility index (Phi) is 4.22. The second-order valence-electron chi connectivity index (χ2n) is 4.63. The van der Waals surface area contributed by atoms with Gasteiger partial charge >= 0.3 is 0 Å². The van der Waals surface area contributed by atoms with E-state index in [9.17, 15) is 4.39 Å². The van der Waals surface area contributed by atoms with Crippen molar-refractivity contribution in [1.29, 1.82) is 0 Å². The van der Waals surface area contributed by atoms with Gasteiger partial charge in [0.2, 0.25) is 0 Å². The quantitative estimate of drug-likeness (QED) is 0.917. The van der Waals surface area contributed by atoms with Gasteiger partial charge in [-0.15, -0.1) is 0 Å². The third kappa shape index (κ3) is 3.35. The largest absolute Gasteiger partial charge is 0.319 e. The van der Waals surface area contributed by atoms with Crippen molar-refractivity contribution in [1.82, 2.24) is 15.3 Å². The molecule has 1 aromatic carbocycles. The maximum atomic E-state index is 13.3. The Morgan fingerprint density at radius 3 is 2.63 bits per heavy atom. The van der Waals surface area contributed by atoms with Gasteiger partial charge in [0.25, 0.3) is 0 Å². The molecule has 0 radical (unpaired) electrons. The zero-order valence-corrected chi connectivity index (χ0v) is 11.5. The Hall–Kier alpha value is -1.81. The van der Waals surface area contributed by atoms with E-state index < -0.39 is 0 Å². The van der Waals surface area contributed by atoms with Gasteiger partial charge in [-0.25, -0.2) is 14.4 Å². The normalized spacial score (nSPS) is 10.7. The van der Waals surface area contributed by atoms with Crippen molar-refractivity contribution in [3.8, 4) is 11.3 Å². The van der Waals surface area contributed by atoms with Crippen LogP contribution in [0.5, 0.6) is 0 Å². The number of aromatic nitrogens is 2. The third-order valence-corrected chi connectivity index (χ3v) is 2.95. The Morgan fingerprint density at radius 2 is 1.95 bits per heavy atom. The van der Waals surface area contributed by atoms with Crippen molar-refractivity contribution in [2.24, 2.45) is 0 Å². The van der Waals surface area contributed by atoms with Gasteiger partial charge in [-0.1, -0.05) is 0 Å². The minimum atomic E-state index is -0.190. The molecular formula is C15H18FN3. The lowest BCUT2D eigenvalue weighted by Crippen LogP contribution is -2.13. The summed E-state index contributed by atoms with van der Waals surface area (Å²) in [7, 11) is 1.90. The van der Waals surface area contributed by atoms with E-state index in [1.807, 2.05) is 26.1 Å². The maximum absolute atomic E-state index is 13.3. The summed E-state index contributed by atoms with van der Waals surface area (Å²) in [5.41, 5.74) is 3.33. The van der Waals surface area contributed by atoms with Gasteiger partial charge in [0, 0.05) is 24.2 Å². The van der Waals surface area contributed by atoms with Crippen molar-refractivity contribution >= 4 is 0 Å². The molecule has 0 fully saturated rings. The summed E-state index contributed by atoms with van der Waals surface area (Å²) in [4.78, 5) is 8.95. The van der Waals surface area contributed by atoms with E-state index in [4.69, 9.17) is 0 Å². The van der Waals surface area contributed by atoms with Gasteiger partial charge < -0.3 is 5.32 Å². The number of benzene rings is 1. The summed E-state index contributed by atoms with van der Waals surface area (Å²) in [6.45, 7) is 4.55. The molecule has 0 aliphatic carbocycles. The monoisotopic (exact) mass is 259 g/mol. The van der Waals surface area contributed by atoms with Gasteiger partial charge in [-0.05, 0) is 50.7 Å². The van der Waals surface area contributed by atoms with E-state index in [0.717, 1.165) is 35.7 Å². The molecule has 19 heavy (non-hydrogen) atoms. The Labute approximate surface area is 112 Å².